The van der Waals surface area contributed by atoms with E-state index in [1.54, 1.807) is 12.1 Å². The summed E-state index contributed by atoms with van der Waals surface area (Å²) in [6, 6.07) is 14.7. The molecule has 0 heterocycles. The van der Waals surface area contributed by atoms with Gasteiger partial charge in [0.05, 0.1) is 24.7 Å². The van der Waals surface area contributed by atoms with Gasteiger partial charge in [-0.1, -0.05) is 77.8 Å². The maximum Gasteiger partial charge on any atom is 0.343 e. The number of carbonyl (C=O) groups is 2. The standard InChI is InChI=1S/C31H44O5/c1-4-25(3)30(32)35-24-14-12-10-8-6-7-9-11-13-23-34-28-21-17-27(18-22-28)31(33)36-29-19-15-26(5-2)16-20-29/h15-22,25H,4-14,23-24H2,1-3H3. The fraction of sp³-hybridized carbons (Fsp3) is 0.548. The van der Waals surface area contributed by atoms with E-state index in [1.165, 1.54) is 37.7 Å². The molecule has 0 saturated heterocycles. The van der Waals surface area contributed by atoms with Crippen molar-refractivity contribution >= 4 is 11.9 Å². The molecule has 0 N–H and O–H groups in total. The molecule has 0 saturated carbocycles. The summed E-state index contributed by atoms with van der Waals surface area (Å²) in [4.78, 5) is 23.9. The van der Waals surface area contributed by atoms with Crippen LogP contribution in [0.3, 0.4) is 0 Å². The molecule has 0 aliphatic heterocycles. The molecule has 0 fully saturated rings. The lowest BCUT2D eigenvalue weighted by molar-refractivity contribution is -0.148. The fourth-order valence-electron chi connectivity index (χ4n) is 3.76. The fourth-order valence-corrected chi connectivity index (χ4v) is 3.76. The highest BCUT2D eigenvalue weighted by atomic mass is 16.5. The normalized spacial score (nSPS) is 11.6. The molecule has 0 aromatic heterocycles. The topological polar surface area (TPSA) is 61.8 Å². The number of carbonyl (C=O) groups excluding carboxylic acids is 2. The summed E-state index contributed by atoms with van der Waals surface area (Å²) in [7, 11) is 0. The van der Waals surface area contributed by atoms with Crippen molar-refractivity contribution in [3.63, 3.8) is 0 Å². The van der Waals surface area contributed by atoms with Crippen LogP contribution >= 0.6 is 0 Å². The van der Waals surface area contributed by atoms with E-state index in [-0.39, 0.29) is 17.9 Å². The van der Waals surface area contributed by atoms with Gasteiger partial charge in [0.25, 0.3) is 0 Å². The van der Waals surface area contributed by atoms with Crippen LogP contribution in [-0.2, 0) is 16.0 Å². The second kappa shape index (κ2) is 17.6. The van der Waals surface area contributed by atoms with Crippen molar-refractivity contribution < 1.29 is 23.8 Å². The Hall–Kier alpha value is -2.82. The molecule has 0 aliphatic carbocycles. The van der Waals surface area contributed by atoms with Gasteiger partial charge in [-0.2, -0.15) is 0 Å². The number of esters is 2. The van der Waals surface area contributed by atoms with Gasteiger partial charge < -0.3 is 14.2 Å². The summed E-state index contributed by atoms with van der Waals surface area (Å²) in [5, 5.41) is 0. The van der Waals surface area contributed by atoms with Crippen molar-refractivity contribution in [2.24, 2.45) is 5.92 Å². The van der Waals surface area contributed by atoms with E-state index in [0.29, 0.717) is 24.5 Å². The highest BCUT2D eigenvalue weighted by Gasteiger charge is 2.11. The van der Waals surface area contributed by atoms with Gasteiger partial charge in [0.2, 0.25) is 0 Å². The average molecular weight is 497 g/mol. The molecule has 5 nitrogen and oxygen atoms in total. The zero-order chi connectivity index (χ0) is 26.0. The first-order valence-electron chi connectivity index (χ1n) is 13.7. The minimum Gasteiger partial charge on any atom is -0.494 e. The molecule has 0 amide bonds. The number of hydrogen-bond acceptors (Lipinski definition) is 5. The molecule has 0 spiro atoms. The molecule has 0 bridgehead atoms. The highest BCUT2D eigenvalue weighted by Crippen LogP contribution is 2.18. The molecular formula is C31H44O5. The van der Waals surface area contributed by atoms with Gasteiger partial charge in [0, 0.05) is 0 Å². The van der Waals surface area contributed by atoms with Crippen LogP contribution in [0, 0.1) is 5.92 Å². The molecular weight excluding hydrogens is 452 g/mol. The first-order chi connectivity index (χ1) is 17.5. The minimum atomic E-state index is -0.365. The van der Waals surface area contributed by atoms with Crippen LogP contribution in [-0.4, -0.2) is 25.2 Å². The Morgan fingerprint density at radius 3 is 1.78 bits per heavy atom. The van der Waals surface area contributed by atoms with Crippen molar-refractivity contribution in [1.29, 1.82) is 0 Å². The lowest BCUT2D eigenvalue weighted by atomic mass is 10.1. The van der Waals surface area contributed by atoms with Crippen LogP contribution in [0.15, 0.2) is 48.5 Å². The largest absolute Gasteiger partial charge is 0.494 e. The van der Waals surface area contributed by atoms with Crippen LogP contribution in [0.4, 0.5) is 0 Å². The van der Waals surface area contributed by atoms with Crippen molar-refractivity contribution in [3.05, 3.63) is 59.7 Å². The number of rotatable bonds is 18. The third-order valence-electron chi connectivity index (χ3n) is 6.45. The summed E-state index contributed by atoms with van der Waals surface area (Å²) in [6.07, 6.45) is 12.3. The molecule has 0 aliphatic rings. The van der Waals surface area contributed by atoms with Crippen molar-refractivity contribution in [1.82, 2.24) is 0 Å². The van der Waals surface area contributed by atoms with Gasteiger partial charge in [0.15, 0.2) is 0 Å². The predicted octanol–water partition coefficient (Wildman–Crippen LogP) is 7.95. The summed E-state index contributed by atoms with van der Waals surface area (Å²) < 4.78 is 16.5. The zero-order valence-electron chi connectivity index (χ0n) is 22.4. The Labute approximate surface area is 217 Å². The number of unbranched alkanes of at least 4 members (excludes halogenated alkanes) is 8. The number of benzene rings is 2. The smallest absolute Gasteiger partial charge is 0.343 e. The Morgan fingerprint density at radius 1 is 0.694 bits per heavy atom. The van der Waals surface area contributed by atoms with Gasteiger partial charge >= 0.3 is 11.9 Å². The van der Waals surface area contributed by atoms with Gasteiger partial charge in [-0.05, 0) is 67.6 Å². The highest BCUT2D eigenvalue weighted by molar-refractivity contribution is 5.91. The molecule has 0 radical (unpaired) electrons. The summed E-state index contributed by atoms with van der Waals surface area (Å²) in [6.45, 7) is 7.26. The maximum atomic E-state index is 12.3. The second-order valence-electron chi connectivity index (χ2n) is 9.42. The van der Waals surface area contributed by atoms with Crippen LogP contribution < -0.4 is 9.47 Å². The lowest BCUT2D eigenvalue weighted by Crippen LogP contribution is -2.14. The van der Waals surface area contributed by atoms with Crippen molar-refractivity contribution in [2.75, 3.05) is 13.2 Å². The Bertz CT molecular complexity index is 873. The Morgan fingerprint density at radius 2 is 1.22 bits per heavy atom. The zero-order valence-corrected chi connectivity index (χ0v) is 22.4. The summed E-state index contributed by atoms with van der Waals surface area (Å²) in [5.41, 5.74) is 1.72. The van der Waals surface area contributed by atoms with E-state index < -0.39 is 0 Å². The van der Waals surface area contributed by atoms with E-state index in [9.17, 15) is 9.59 Å². The van der Waals surface area contributed by atoms with Gasteiger partial charge in [-0.3, -0.25) is 4.79 Å². The SMILES string of the molecule is CCc1ccc(OC(=O)c2ccc(OCCCCCCCCCCCOC(=O)C(C)CC)cc2)cc1. The summed E-state index contributed by atoms with van der Waals surface area (Å²) in [5.74, 6) is 0.912. The third kappa shape index (κ3) is 11.7. The molecule has 198 valence electrons. The van der Waals surface area contributed by atoms with Crippen LogP contribution in [0.2, 0.25) is 0 Å². The van der Waals surface area contributed by atoms with Crippen LogP contribution in [0.1, 0.15) is 101 Å². The van der Waals surface area contributed by atoms with Gasteiger partial charge in [-0.15, -0.1) is 0 Å². The second-order valence-corrected chi connectivity index (χ2v) is 9.42. The maximum absolute atomic E-state index is 12.3. The lowest BCUT2D eigenvalue weighted by Gasteiger charge is -2.09. The third-order valence-corrected chi connectivity index (χ3v) is 6.45. The number of ether oxygens (including phenoxy) is 3. The minimum absolute atomic E-state index is 0.0150. The van der Waals surface area contributed by atoms with E-state index in [0.717, 1.165) is 44.3 Å². The Balaban J connectivity index is 1.46. The monoisotopic (exact) mass is 496 g/mol. The van der Waals surface area contributed by atoms with Crippen LogP contribution in [0.25, 0.3) is 0 Å². The predicted molar refractivity (Wildman–Crippen MR) is 145 cm³/mol. The number of aryl methyl sites for hydroxylation is 1. The van der Waals surface area contributed by atoms with Gasteiger partial charge in [-0.25, -0.2) is 4.79 Å². The van der Waals surface area contributed by atoms with Crippen LogP contribution in [0.5, 0.6) is 11.5 Å². The van der Waals surface area contributed by atoms with E-state index >= 15 is 0 Å². The van der Waals surface area contributed by atoms with E-state index in [2.05, 4.69) is 6.92 Å². The van der Waals surface area contributed by atoms with Gasteiger partial charge in [0.1, 0.15) is 11.5 Å². The first-order valence-corrected chi connectivity index (χ1v) is 13.7. The van der Waals surface area contributed by atoms with E-state index in [4.69, 9.17) is 14.2 Å². The average Bonchev–Trinajstić information content (AvgIpc) is 2.91. The quantitative estimate of drug-likeness (QED) is 0.119. The number of hydrogen-bond donors (Lipinski definition) is 0. The van der Waals surface area contributed by atoms with Crippen molar-refractivity contribution in [2.45, 2.75) is 91.4 Å². The molecule has 5 heteroatoms. The Kier molecular flexibility index (Phi) is 14.4. The molecule has 36 heavy (non-hydrogen) atoms. The molecule has 2 rings (SSSR count). The van der Waals surface area contributed by atoms with E-state index in [1.807, 2.05) is 50.2 Å². The molecule has 2 aromatic carbocycles. The summed E-state index contributed by atoms with van der Waals surface area (Å²) >= 11 is 0. The molecule has 1 unspecified atom stereocenters. The molecule has 1 atom stereocenters. The molecule has 2 aromatic rings. The van der Waals surface area contributed by atoms with Crippen molar-refractivity contribution in [3.8, 4) is 11.5 Å². The first kappa shape index (κ1) is 29.4.